The predicted octanol–water partition coefficient (Wildman–Crippen LogP) is -0.117. The first-order valence-corrected chi connectivity index (χ1v) is 9.52. The number of nitrogens with zero attached hydrogens (tertiary/aromatic N) is 2. The highest BCUT2D eigenvalue weighted by Gasteiger charge is 2.28. The zero-order valence-corrected chi connectivity index (χ0v) is 16.5. The van der Waals surface area contributed by atoms with E-state index in [0.29, 0.717) is 6.54 Å². The molecule has 1 aromatic heterocycles. The number of rotatable bonds is 10. The summed E-state index contributed by atoms with van der Waals surface area (Å²) in [5, 5.41) is 15.3. The lowest BCUT2D eigenvalue weighted by molar-refractivity contribution is -0.128. The lowest BCUT2D eigenvalue weighted by atomic mass is 10.0. The van der Waals surface area contributed by atoms with Crippen LogP contribution in [0.4, 0.5) is 0 Å². The number of carbonyl (C=O) groups excluding carboxylic acids is 2. The van der Waals surface area contributed by atoms with Gasteiger partial charge in [-0.05, 0) is 38.7 Å². The summed E-state index contributed by atoms with van der Waals surface area (Å²) in [6, 6.07) is 3.17. The van der Waals surface area contributed by atoms with E-state index in [1.165, 1.54) is 0 Å². The molecule has 0 unspecified atom stereocenters. The lowest BCUT2D eigenvalue weighted by Crippen LogP contribution is -2.49. The summed E-state index contributed by atoms with van der Waals surface area (Å²) >= 11 is 0. The highest BCUT2D eigenvalue weighted by atomic mass is 16.5. The van der Waals surface area contributed by atoms with Crippen LogP contribution in [0.2, 0.25) is 0 Å². The predicted molar refractivity (Wildman–Crippen MR) is 106 cm³/mol. The van der Waals surface area contributed by atoms with Gasteiger partial charge in [-0.1, -0.05) is 18.2 Å². The number of hydrogen-bond acceptors (Lipinski definition) is 6. The minimum Gasteiger partial charge on any atom is -0.394 e. The monoisotopic (exact) mass is 390 g/mol. The molecule has 0 radical (unpaired) electrons. The van der Waals surface area contributed by atoms with Crippen molar-refractivity contribution in [2.24, 2.45) is 0 Å². The third kappa shape index (κ3) is 7.75. The van der Waals surface area contributed by atoms with Gasteiger partial charge in [0.1, 0.15) is 6.10 Å². The molecule has 0 aliphatic carbocycles. The molecule has 3 atom stereocenters. The van der Waals surface area contributed by atoms with Crippen LogP contribution in [0.15, 0.2) is 36.7 Å². The van der Waals surface area contributed by atoms with Gasteiger partial charge < -0.3 is 25.4 Å². The minimum absolute atomic E-state index is 0.0934. The van der Waals surface area contributed by atoms with Crippen molar-refractivity contribution in [1.29, 1.82) is 0 Å². The van der Waals surface area contributed by atoms with Gasteiger partial charge >= 0.3 is 0 Å². The Labute approximate surface area is 166 Å². The van der Waals surface area contributed by atoms with Crippen molar-refractivity contribution < 1.29 is 19.4 Å². The number of carbonyl (C=O) groups is 2. The molecule has 0 bridgehead atoms. The molecular weight excluding hydrogens is 360 g/mol. The third-order valence-electron chi connectivity index (χ3n) is 4.37. The molecule has 2 rings (SSSR count). The lowest BCUT2D eigenvalue weighted by Gasteiger charge is -2.31. The largest absolute Gasteiger partial charge is 0.394 e. The van der Waals surface area contributed by atoms with E-state index in [2.05, 4.69) is 20.5 Å². The fourth-order valence-corrected chi connectivity index (χ4v) is 2.94. The first kappa shape index (κ1) is 22.0. The summed E-state index contributed by atoms with van der Waals surface area (Å²) < 4.78 is 5.78. The van der Waals surface area contributed by atoms with Crippen LogP contribution in [0.3, 0.4) is 0 Å². The molecule has 1 aliphatic rings. The first-order valence-electron chi connectivity index (χ1n) is 9.52. The fraction of sp³-hybridized carbons (Fsp3) is 0.550. The van der Waals surface area contributed by atoms with E-state index < -0.39 is 18.2 Å². The summed E-state index contributed by atoms with van der Waals surface area (Å²) in [4.78, 5) is 30.3. The molecular formula is C20H30N4O4. The van der Waals surface area contributed by atoms with Crippen LogP contribution in [-0.2, 0) is 20.7 Å². The highest BCUT2D eigenvalue weighted by Crippen LogP contribution is 2.16. The van der Waals surface area contributed by atoms with Crippen LogP contribution in [0.5, 0.6) is 0 Å². The van der Waals surface area contributed by atoms with E-state index >= 15 is 0 Å². The van der Waals surface area contributed by atoms with Gasteiger partial charge in [-0.3, -0.25) is 14.6 Å². The van der Waals surface area contributed by atoms with E-state index in [-0.39, 0.29) is 31.3 Å². The molecule has 2 amide bonds. The van der Waals surface area contributed by atoms with Crippen molar-refractivity contribution in [3.8, 4) is 0 Å². The highest BCUT2D eigenvalue weighted by molar-refractivity contribution is 5.79. The van der Waals surface area contributed by atoms with Crippen LogP contribution in [0, 0.1) is 0 Å². The van der Waals surface area contributed by atoms with Crippen molar-refractivity contribution in [2.75, 3.05) is 33.8 Å². The van der Waals surface area contributed by atoms with E-state index in [9.17, 15) is 14.7 Å². The maximum Gasteiger partial charge on any atom is 0.225 e. The summed E-state index contributed by atoms with van der Waals surface area (Å²) in [6.45, 7) is 1.28. The van der Waals surface area contributed by atoms with Crippen LogP contribution in [0.1, 0.15) is 18.4 Å². The Morgan fingerprint density at radius 3 is 2.79 bits per heavy atom. The van der Waals surface area contributed by atoms with Gasteiger partial charge in [0.15, 0.2) is 0 Å². The molecule has 8 heteroatoms. The molecule has 0 saturated carbocycles. The van der Waals surface area contributed by atoms with E-state index in [0.717, 1.165) is 18.5 Å². The summed E-state index contributed by atoms with van der Waals surface area (Å²) in [5.41, 5.74) is 0.810. The number of ether oxygens (including phenoxy) is 1. The maximum absolute atomic E-state index is 12.2. The summed E-state index contributed by atoms with van der Waals surface area (Å²) in [6.07, 6.45) is 7.11. The number of nitrogens with one attached hydrogen (secondary N) is 2. The average Bonchev–Trinajstić information content (AvgIpc) is 2.67. The second-order valence-electron chi connectivity index (χ2n) is 7.12. The van der Waals surface area contributed by atoms with Gasteiger partial charge in [0.05, 0.1) is 31.6 Å². The Hall–Kier alpha value is -2.29. The smallest absolute Gasteiger partial charge is 0.225 e. The Kier molecular flexibility index (Phi) is 9.06. The Bertz CT molecular complexity index is 651. The first-order chi connectivity index (χ1) is 13.5. The zero-order chi connectivity index (χ0) is 20.4. The van der Waals surface area contributed by atoms with Gasteiger partial charge in [0.2, 0.25) is 11.8 Å². The van der Waals surface area contributed by atoms with Crippen LogP contribution in [0.25, 0.3) is 0 Å². The zero-order valence-electron chi connectivity index (χ0n) is 16.5. The van der Waals surface area contributed by atoms with Crippen LogP contribution < -0.4 is 10.6 Å². The average molecular weight is 390 g/mol. The Morgan fingerprint density at radius 2 is 2.11 bits per heavy atom. The maximum atomic E-state index is 12.2. The third-order valence-corrected chi connectivity index (χ3v) is 4.37. The second kappa shape index (κ2) is 11.5. The Morgan fingerprint density at radius 1 is 1.29 bits per heavy atom. The van der Waals surface area contributed by atoms with Gasteiger partial charge in [-0.2, -0.15) is 0 Å². The van der Waals surface area contributed by atoms with Gasteiger partial charge in [0.25, 0.3) is 0 Å². The minimum atomic E-state index is -0.589. The Balaban J connectivity index is 1.79. The number of aliphatic hydroxyl groups is 1. The normalized spacial score (nSPS) is 21.5. The standard InChI is InChI=1S/C20H30N4O4/c1-24(2)10-4-9-22-19(26)12-16-6-7-17(18(14-25)28-16)23-20(27)11-15-5-3-8-21-13-15/h3,5-8,13,16-18,25H,4,9-12,14H2,1-2H3,(H,22,26)(H,23,27)/t16-,17-,18-/m0/s1. The number of aromatic nitrogens is 1. The van der Waals surface area contributed by atoms with Gasteiger partial charge in [0, 0.05) is 18.9 Å². The molecule has 0 fully saturated rings. The summed E-state index contributed by atoms with van der Waals surface area (Å²) in [5.74, 6) is -0.272. The van der Waals surface area contributed by atoms with Gasteiger partial charge in [-0.25, -0.2) is 0 Å². The van der Waals surface area contributed by atoms with E-state index in [4.69, 9.17) is 4.74 Å². The molecule has 2 heterocycles. The molecule has 1 aromatic rings. The molecule has 0 spiro atoms. The molecule has 0 aromatic carbocycles. The fourth-order valence-electron chi connectivity index (χ4n) is 2.94. The second-order valence-corrected chi connectivity index (χ2v) is 7.12. The van der Waals surface area contributed by atoms with Crippen LogP contribution in [-0.4, -0.2) is 78.8 Å². The van der Waals surface area contributed by atoms with Crippen molar-refractivity contribution >= 4 is 11.8 Å². The molecule has 28 heavy (non-hydrogen) atoms. The van der Waals surface area contributed by atoms with Crippen molar-refractivity contribution in [3.63, 3.8) is 0 Å². The quantitative estimate of drug-likeness (QED) is 0.380. The molecule has 3 N–H and O–H groups in total. The van der Waals surface area contributed by atoms with Crippen LogP contribution >= 0.6 is 0 Å². The van der Waals surface area contributed by atoms with Crippen molar-refractivity contribution in [1.82, 2.24) is 20.5 Å². The van der Waals surface area contributed by atoms with Gasteiger partial charge in [-0.15, -0.1) is 0 Å². The number of hydrogen-bond donors (Lipinski definition) is 3. The van der Waals surface area contributed by atoms with E-state index in [1.54, 1.807) is 30.6 Å². The number of pyridine rings is 1. The number of aliphatic hydroxyl groups excluding tert-OH is 1. The molecule has 154 valence electrons. The topological polar surface area (TPSA) is 104 Å². The van der Waals surface area contributed by atoms with E-state index in [1.807, 2.05) is 20.2 Å². The van der Waals surface area contributed by atoms with Crippen molar-refractivity contribution in [2.45, 2.75) is 37.5 Å². The SMILES string of the molecule is CN(C)CCCNC(=O)C[C@@H]1C=C[C@H](NC(=O)Cc2cccnc2)[C@H](CO)O1. The number of amides is 2. The molecule has 8 nitrogen and oxygen atoms in total. The molecule has 0 saturated heterocycles. The van der Waals surface area contributed by atoms with Crippen molar-refractivity contribution in [3.05, 3.63) is 42.2 Å². The molecule has 1 aliphatic heterocycles. The summed E-state index contributed by atoms with van der Waals surface area (Å²) in [7, 11) is 3.98.